The lowest BCUT2D eigenvalue weighted by molar-refractivity contribution is 1.10. The van der Waals surface area contributed by atoms with Crippen LogP contribution in [0.4, 0.5) is 0 Å². The van der Waals surface area contributed by atoms with E-state index in [1.807, 2.05) is 31.2 Å². The molecule has 17 heavy (non-hydrogen) atoms. The smallest absolute Gasteiger partial charge is 0.140 e. The number of hydrogen-bond donors (Lipinski definition) is 1. The van der Waals surface area contributed by atoms with Gasteiger partial charge in [-0.15, -0.1) is 0 Å². The molecule has 2 rings (SSSR count). The Bertz CT molecular complexity index is 608. The summed E-state index contributed by atoms with van der Waals surface area (Å²) in [5, 5.41) is 8.52. The number of halogens is 1. The summed E-state index contributed by atoms with van der Waals surface area (Å²) in [6.45, 7) is 5.60. The zero-order chi connectivity index (χ0) is 12.3. The molecular weight excluding hydrogens is 234 g/mol. The Morgan fingerprint density at radius 3 is 3.06 bits per heavy atom. The Labute approximate surface area is 105 Å². The number of nitrogens with one attached hydrogen (secondary N) is 1. The first-order chi connectivity index (χ1) is 8.27. The van der Waals surface area contributed by atoms with Gasteiger partial charge in [0.1, 0.15) is 10.8 Å². The third-order valence-corrected chi connectivity index (χ3v) is 2.71. The average Bonchev–Trinajstić information content (AvgIpc) is 2.76. The van der Waals surface area contributed by atoms with Crippen molar-refractivity contribution in [2.75, 3.05) is 0 Å². The molecule has 2 heterocycles. The Balaban J connectivity index is 2.63. The topological polar surface area (TPSA) is 41.6 Å². The van der Waals surface area contributed by atoms with Crippen molar-refractivity contribution in [3.63, 3.8) is 0 Å². The van der Waals surface area contributed by atoms with Crippen LogP contribution in [0.1, 0.15) is 12.6 Å². The van der Waals surface area contributed by atoms with Crippen LogP contribution in [-0.2, 0) is 0 Å². The van der Waals surface area contributed by atoms with Gasteiger partial charge in [0.15, 0.2) is 0 Å². The maximum Gasteiger partial charge on any atom is 0.140 e. The molecule has 3 nitrogen and oxygen atoms in total. The standard InChI is InChI=1S/C13H12ClN3/c1-3-5-6-9(4-2)12-11-10(16-17-12)7-8-15-13(11)14/h3-8H,1H2,2H3,(H,16,17)/b6-5-,9-4+. The van der Waals surface area contributed by atoms with Crippen LogP contribution in [-0.4, -0.2) is 15.2 Å². The van der Waals surface area contributed by atoms with Crippen LogP contribution in [0.15, 0.2) is 43.1 Å². The van der Waals surface area contributed by atoms with Crippen LogP contribution in [0.2, 0.25) is 5.15 Å². The van der Waals surface area contributed by atoms with Gasteiger partial charge in [0.05, 0.1) is 10.9 Å². The first kappa shape index (κ1) is 11.6. The number of hydrogen-bond acceptors (Lipinski definition) is 2. The van der Waals surface area contributed by atoms with Gasteiger partial charge in [-0.2, -0.15) is 5.10 Å². The first-order valence-corrected chi connectivity index (χ1v) is 5.60. The fourth-order valence-electron chi connectivity index (χ4n) is 1.62. The molecule has 0 atom stereocenters. The summed E-state index contributed by atoms with van der Waals surface area (Å²) < 4.78 is 0. The highest BCUT2D eigenvalue weighted by atomic mass is 35.5. The summed E-state index contributed by atoms with van der Waals surface area (Å²) >= 11 is 6.10. The van der Waals surface area contributed by atoms with Crippen molar-refractivity contribution in [3.05, 3.63) is 54.0 Å². The van der Waals surface area contributed by atoms with E-state index in [9.17, 15) is 0 Å². The van der Waals surface area contributed by atoms with E-state index >= 15 is 0 Å². The highest BCUT2D eigenvalue weighted by Crippen LogP contribution is 2.28. The third-order valence-electron chi connectivity index (χ3n) is 2.43. The Morgan fingerprint density at radius 2 is 2.35 bits per heavy atom. The lowest BCUT2D eigenvalue weighted by Crippen LogP contribution is -1.84. The van der Waals surface area contributed by atoms with E-state index in [1.165, 1.54) is 0 Å². The average molecular weight is 246 g/mol. The maximum absolute atomic E-state index is 6.10. The van der Waals surface area contributed by atoms with Crippen molar-refractivity contribution in [2.24, 2.45) is 0 Å². The normalized spacial score (nSPS) is 12.5. The minimum Gasteiger partial charge on any atom is -0.277 e. The fraction of sp³-hybridized carbons (Fsp3) is 0.0769. The molecule has 0 bridgehead atoms. The van der Waals surface area contributed by atoms with Gasteiger partial charge in [0.25, 0.3) is 0 Å². The monoisotopic (exact) mass is 245 g/mol. The summed E-state index contributed by atoms with van der Waals surface area (Å²) in [6.07, 6.45) is 9.14. The van der Waals surface area contributed by atoms with E-state index in [-0.39, 0.29) is 0 Å². The van der Waals surface area contributed by atoms with E-state index < -0.39 is 0 Å². The van der Waals surface area contributed by atoms with Crippen LogP contribution < -0.4 is 0 Å². The summed E-state index contributed by atoms with van der Waals surface area (Å²) in [6, 6.07) is 1.85. The number of pyridine rings is 1. The number of nitrogens with zero attached hydrogens (tertiary/aromatic N) is 2. The Kier molecular flexibility index (Phi) is 3.40. The SMILES string of the molecule is C=C/C=C\C(=C/C)c1n[nH]c2ccnc(Cl)c12. The summed E-state index contributed by atoms with van der Waals surface area (Å²) in [7, 11) is 0. The molecule has 4 heteroatoms. The van der Waals surface area contributed by atoms with Crippen molar-refractivity contribution >= 4 is 28.1 Å². The van der Waals surface area contributed by atoms with Gasteiger partial charge in [-0.1, -0.05) is 42.5 Å². The molecule has 0 aromatic carbocycles. The van der Waals surface area contributed by atoms with Crippen molar-refractivity contribution in [1.29, 1.82) is 0 Å². The van der Waals surface area contributed by atoms with E-state index in [4.69, 9.17) is 11.6 Å². The van der Waals surface area contributed by atoms with Gasteiger partial charge < -0.3 is 0 Å². The molecule has 0 aliphatic rings. The quantitative estimate of drug-likeness (QED) is 0.661. The fourth-order valence-corrected chi connectivity index (χ4v) is 1.87. The number of H-pyrrole nitrogens is 1. The van der Waals surface area contributed by atoms with E-state index in [1.54, 1.807) is 12.3 Å². The van der Waals surface area contributed by atoms with Gasteiger partial charge in [-0.05, 0) is 18.6 Å². The molecule has 0 fully saturated rings. The molecule has 0 radical (unpaired) electrons. The molecule has 0 amide bonds. The molecule has 0 spiro atoms. The van der Waals surface area contributed by atoms with E-state index in [2.05, 4.69) is 21.8 Å². The number of aromatic amines is 1. The van der Waals surface area contributed by atoms with Gasteiger partial charge in [0, 0.05) is 6.20 Å². The number of aromatic nitrogens is 3. The molecule has 1 N–H and O–H groups in total. The van der Waals surface area contributed by atoms with Crippen molar-refractivity contribution in [1.82, 2.24) is 15.2 Å². The lowest BCUT2D eigenvalue weighted by atomic mass is 10.1. The zero-order valence-electron chi connectivity index (χ0n) is 9.44. The number of allylic oxidation sites excluding steroid dienone is 5. The number of fused-ring (bicyclic) bond motifs is 1. The van der Waals surface area contributed by atoms with E-state index in [0.717, 1.165) is 22.2 Å². The van der Waals surface area contributed by atoms with Gasteiger partial charge in [-0.25, -0.2) is 4.98 Å². The second kappa shape index (κ2) is 4.97. The second-order valence-electron chi connectivity index (χ2n) is 3.44. The summed E-state index contributed by atoms with van der Waals surface area (Å²) in [5.74, 6) is 0. The number of rotatable bonds is 3. The van der Waals surface area contributed by atoms with Crippen LogP contribution in [0, 0.1) is 0 Å². The predicted molar refractivity (Wildman–Crippen MR) is 71.9 cm³/mol. The second-order valence-corrected chi connectivity index (χ2v) is 3.79. The maximum atomic E-state index is 6.10. The molecular formula is C13H12ClN3. The highest BCUT2D eigenvalue weighted by Gasteiger charge is 2.11. The molecule has 2 aromatic rings. The summed E-state index contributed by atoms with van der Waals surface area (Å²) in [4.78, 5) is 4.07. The van der Waals surface area contributed by atoms with Crippen LogP contribution >= 0.6 is 11.6 Å². The largest absolute Gasteiger partial charge is 0.277 e. The highest BCUT2D eigenvalue weighted by molar-refractivity contribution is 6.34. The molecule has 0 saturated heterocycles. The molecule has 0 aliphatic carbocycles. The van der Waals surface area contributed by atoms with Crippen molar-refractivity contribution in [2.45, 2.75) is 6.92 Å². The van der Waals surface area contributed by atoms with Gasteiger partial charge in [-0.3, -0.25) is 5.10 Å². The first-order valence-electron chi connectivity index (χ1n) is 5.22. The summed E-state index contributed by atoms with van der Waals surface area (Å²) in [5.41, 5.74) is 2.66. The van der Waals surface area contributed by atoms with Gasteiger partial charge in [0.2, 0.25) is 0 Å². The third kappa shape index (κ3) is 2.15. The lowest BCUT2D eigenvalue weighted by Gasteiger charge is -1.98. The van der Waals surface area contributed by atoms with Crippen LogP contribution in [0.25, 0.3) is 16.5 Å². The van der Waals surface area contributed by atoms with Crippen LogP contribution in [0.3, 0.4) is 0 Å². The predicted octanol–water partition coefficient (Wildman–Crippen LogP) is 3.76. The Morgan fingerprint density at radius 1 is 1.53 bits per heavy atom. The van der Waals surface area contributed by atoms with Crippen molar-refractivity contribution in [3.8, 4) is 0 Å². The molecule has 0 saturated carbocycles. The van der Waals surface area contributed by atoms with E-state index in [0.29, 0.717) is 5.15 Å². The van der Waals surface area contributed by atoms with Crippen LogP contribution in [0.5, 0.6) is 0 Å². The molecule has 2 aromatic heterocycles. The molecule has 86 valence electrons. The zero-order valence-corrected chi connectivity index (χ0v) is 10.2. The Hall–Kier alpha value is -1.87. The minimum atomic E-state index is 0.456. The minimum absolute atomic E-state index is 0.456. The van der Waals surface area contributed by atoms with Crippen molar-refractivity contribution < 1.29 is 0 Å². The molecule has 0 unspecified atom stereocenters. The van der Waals surface area contributed by atoms with Gasteiger partial charge >= 0.3 is 0 Å². The molecule has 0 aliphatic heterocycles.